The van der Waals surface area contributed by atoms with E-state index in [9.17, 15) is 0 Å². The van der Waals surface area contributed by atoms with E-state index in [1.165, 1.54) is 11.1 Å². The van der Waals surface area contributed by atoms with Crippen LogP contribution >= 0.6 is 0 Å². The predicted molar refractivity (Wildman–Crippen MR) is 116 cm³/mol. The molecule has 0 fully saturated rings. The highest BCUT2D eigenvalue weighted by Crippen LogP contribution is 2.31. The van der Waals surface area contributed by atoms with Gasteiger partial charge in [-0.2, -0.15) is 0 Å². The van der Waals surface area contributed by atoms with Gasteiger partial charge in [-0.05, 0) is 59.4 Å². The number of nitrogens with zero attached hydrogens (tertiary/aromatic N) is 3. The van der Waals surface area contributed by atoms with Gasteiger partial charge in [0, 0.05) is 22.9 Å². The van der Waals surface area contributed by atoms with Gasteiger partial charge in [0.1, 0.15) is 0 Å². The van der Waals surface area contributed by atoms with Crippen molar-refractivity contribution in [2.75, 3.05) is 0 Å². The molecule has 0 aliphatic heterocycles. The van der Waals surface area contributed by atoms with E-state index in [2.05, 4.69) is 67.1 Å². The largest absolute Gasteiger partial charge is 0.416 e. The van der Waals surface area contributed by atoms with Crippen LogP contribution in [0.5, 0.6) is 0 Å². The highest BCUT2D eigenvalue weighted by molar-refractivity contribution is 5.71. The van der Waals surface area contributed by atoms with Crippen molar-refractivity contribution < 1.29 is 4.42 Å². The molecule has 0 aliphatic rings. The fourth-order valence-corrected chi connectivity index (χ4v) is 3.35. The van der Waals surface area contributed by atoms with E-state index in [-0.39, 0.29) is 5.41 Å². The Labute approximate surface area is 171 Å². The van der Waals surface area contributed by atoms with Crippen LogP contribution in [0.15, 0.2) is 71.3 Å². The molecule has 0 amide bonds. The van der Waals surface area contributed by atoms with Crippen LogP contribution in [0.3, 0.4) is 0 Å². The summed E-state index contributed by atoms with van der Waals surface area (Å²) >= 11 is 0. The van der Waals surface area contributed by atoms with E-state index in [1.54, 1.807) is 0 Å². The molecule has 0 saturated carbocycles. The summed E-state index contributed by atoms with van der Waals surface area (Å²) in [5.74, 6) is 1.04. The zero-order chi connectivity index (χ0) is 20.4. The molecular weight excluding hydrogens is 358 g/mol. The lowest BCUT2D eigenvalue weighted by molar-refractivity contribution is 0.582. The Morgan fingerprint density at radius 2 is 1.52 bits per heavy atom. The molecule has 4 nitrogen and oxygen atoms in total. The van der Waals surface area contributed by atoms with Crippen molar-refractivity contribution in [1.82, 2.24) is 15.2 Å². The van der Waals surface area contributed by atoms with Gasteiger partial charge in [-0.25, -0.2) is 0 Å². The Hall–Kier alpha value is -3.27. The van der Waals surface area contributed by atoms with Crippen LogP contribution in [-0.4, -0.2) is 15.2 Å². The van der Waals surface area contributed by atoms with Crippen molar-refractivity contribution in [2.45, 2.75) is 39.5 Å². The number of hydrogen-bond acceptors (Lipinski definition) is 4. The Kier molecular flexibility index (Phi) is 5.01. The van der Waals surface area contributed by atoms with Gasteiger partial charge >= 0.3 is 0 Å². The van der Waals surface area contributed by atoms with Gasteiger partial charge in [-0.15, -0.1) is 10.2 Å². The molecule has 2 heterocycles. The molecule has 4 rings (SSSR count). The van der Waals surface area contributed by atoms with Crippen molar-refractivity contribution in [3.63, 3.8) is 0 Å². The molecule has 0 unspecified atom stereocenters. The predicted octanol–water partition coefficient (Wildman–Crippen LogP) is 6.33. The zero-order valence-corrected chi connectivity index (χ0v) is 17.3. The highest BCUT2D eigenvalue weighted by Gasteiger charge is 2.16. The van der Waals surface area contributed by atoms with Gasteiger partial charge in [0.05, 0.1) is 5.69 Å². The van der Waals surface area contributed by atoms with Gasteiger partial charge < -0.3 is 4.42 Å². The maximum atomic E-state index is 6.00. The molecule has 0 aliphatic carbocycles. The first-order chi connectivity index (χ1) is 14.0. The molecule has 0 atom stereocenters. The van der Waals surface area contributed by atoms with E-state index in [1.807, 2.05) is 42.6 Å². The van der Waals surface area contributed by atoms with Crippen LogP contribution < -0.4 is 0 Å². The number of aryl methyl sites for hydroxylation is 1. The third kappa shape index (κ3) is 3.97. The molecule has 2 aromatic heterocycles. The van der Waals surface area contributed by atoms with Crippen molar-refractivity contribution in [2.24, 2.45) is 0 Å². The number of pyridine rings is 1. The quantitative estimate of drug-likeness (QED) is 0.413. The minimum Gasteiger partial charge on any atom is -0.416 e. The van der Waals surface area contributed by atoms with E-state index in [4.69, 9.17) is 4.42 Å². The highest BCUT2D eigenvalue weighted by atomic mass is 16.4. The summed E-state index contributed by atoms with van der Waals surface area (Å²) in [6, 6.07) is 20.5. The number of benzene rings is 2. The summed E-state index contributed by atoms with van der Waals surface area (Å²) < 4.78 is 6.00. The van der Waals surface area contributed by atoms with Crippen molar-refractivity contribution in [1.29, 1.82) is 0 Å². The molecule has 0 saturated heterocycles. The fraction of sp³-hybridized carbons (Fsp3) is 0.240. The molecular formula is C25H25N3O. The van der Waals surface area contributed by atoms with Gasteiger partial charge in [0.15, 0.2) is 0 Å². The normalized spacial score (nSPS) is 11.6. The Morgan fingerprint density at radius 1 is 0.828 bits per heavy atom. The third-order valence-electron chi connectivity index (χ3n) is 5.10. The number of rotatable bonds is 4. The van der Waals surface area contributed by atoms with E-state index in [0.717, 1.165) is 28.8 Å². The maximum absolute atomic E-state index is 6.00. The third-order valence-corrected chi connectivity index (χ3v) is 5.10. The van der Waals surface area contributed by atoms with Crippen LogP contribution in [-0.2, 0) is 11.8 Å². The average molecular weight is 383 g/mol. The van der Waals surface area contributed by atoms with Crippen LogP contribution in [0.1, 0.15) is 38.8 Å². The van der Waals surface area contributed by atoms with Gasteiger partial charge in [0.2, 0.25) is 11.8 Å². The topological polar surface area (TPSA) is 51.8 Å². The lowest BCUT2D eigenvalue weighted by atomic mass is 9.87. The molecule has 0 N–H and O–H groups in total. The fourth-order valence-electron chi connectivity index (χ4n) is 3.35. The molecule has 0 spiro atoms. The first-order valence-corrected chi connectivity index (χ1v) is 9.95. The Morgan fingerprint density at radius 3 is 2.14 bits per heavy atom. The van der Waals surface area contributed by atoms with E-state index >= 15 is 0 Å². The maximum Gasteiger partial charge on any atom is 0.248 e. The monoisotopic (exact) mass is 383 g/mol. The summed E-state index contributed by atoms with van der Waals surface area (Å²) in [6.07, 6.45) is 2.74. The Bertz CT molecular complexity index is 1110. The number of aromatic nitrogens is 3. The summed E-state index contributed by atoms with van der Waals surface area (Å²) in [5, 5.41) is 8.55. The van der Waals surface area contributed by atoms with Crippen LogP contribution in [0.2, 0.25) is 0 Å². The average Bonchev–Trinajstić information content (AvgIpc) is 3.24. The smallest absolute Gasteiger partial charge is 0.248 e. The first kappa shape index (κ1) is 19.1. The molecule has 0 bridgehead atoms. The summed E-state index contributed by atoms with van der Waals surface area (Å²) in [7, 11) is 0. The molecule has 2 aromatic carbocycles. The second-order valence-electron chi connectivity index (χ2n) is 8.18. The Balaban J connectivity index is 1.68. The summed E-state index contributed by atoms with van der Waals surface area (Å²) in [4.78, 5) is 4.51. The van der Waals surface area contributed by atoms with Crippen LogP contribution in [0.4, 0.5) is 0 Å². The van der Waals surface area contributed by atoms with Crippen molar-refractivity contribution >= 4 is 0 Å². The zero-order valence-electron chi connectivity index (χ0n) is 17.3. The lowest BCUT2D eigenvalue weighted by Gasteiger charge is -2.18. The standard InChI is InChI=1S/C25H25N3O/c1-5-17-9-10-19(16-21(17)22-8-6-7-15-26-22)24-28-27-23(29-24)18-11-13-20(14-12-18)25(2,3)4/h6-16H,5H2,1-4H3. The van der Waals surface area contributed by atoms with Crippen LogP contribution in [0, 0.1) is 0 Å². The van der Waals surface area contributed by atoms with Gasteiger partial charge in [-0.1, -0.05) is 52.0 Å². The summed E-state index contributed by atoms with van der Waals surface area (Å²) in [5.41, 5.74) is 6.49. The van der Waals surface area contributed by atoms with E-state index < -0.39 is 0 Å². The summed E-state index contributed by atoms with van der Waals surface area (Å²) in [6.45, 7) is 8.75. The first-order valence-electron chi connectivity index (χ1n) is 9.95. The lowest BCUT2D eigenvalue weighted by Crippen LogP contribution is -2.10. The molecule has 4 aromatic rings. The van der Waals surface area contributed by atoms with Gasteiger partial charge in [-0.3, -0.25) is 4.98 Å². The molecule has 29 heavy (non-hydrogen) atoms. The van der Waals surface area contributed by atoms with E-state index in [0.29, 0.717) is 11.8 Å². The SMILES string of the molecule is CCc1ccc(-c2nnc(-c3ccc(C(C)(C)C)cc3)o2)cc1-c1ccccn1. The van der Waals surface area contributed by atoms with Crippen molar-refractivity contribution in [3.8, 4) is 34.2 Å². The molecule has 4 heteroatoms. The molecule has 146 valence electrons. The van der Waals surface area contributed by atoms with Crippen LogP contribution in [0.25, 0.3) is 34.2 Å². The van der Waals surface area contributed by atoms with Gasteiger partial charge in [0.25, 0.3) is 0 Å². The number of hydrogen-bond donors (Lipinski definition) is 0. The second-order valence-corrected chi connectivity index (χ2v) is 8.18. The minimum atomic E-state index is 0.113. The van der Waals surface area contributed by atoms with Crippen molar-refractivity contribution in [3.05, 3.63) is 78.0 Å². The minimum absolute atomic E-state index is 0.113. The second kappa shape index (κ2) is 7.63. The molecule has 0 radical (unpaired) electrons.